The van der Waals surface area contributed by atoms with Gasteiger partial charge in [0.2, 0.25) is 0 Å². The molecule has 12 heteroatoms. The van der Waals surface area contributed by atoms with E-state index in [1.807, 2.05) is 0 Å². The van der Waals surface area contributed by atoms with Gasteiger partial charge < -0.3 is 11.1 Å². The second-order valence-electron chi connectivity index (χ2n) is 0.767. The molecule has 0 aromatic rings. The zero-order valence-electron chi connectivity index (χ0n) is 5.93. The third-order valence-electron chi connectivity index (χ3n) is 0. The minimum Gasteiger partial charge on any atom is -0.373 e. The molecule has 71 valence electrons. The molecule has 0 heterocycles. The fraction of sp³-hybridized carbons (Fsp3) is 0. The van der Waals surface area contributed by atoms with Crippen molar-refractivity contribution in [1.29, 1.82) is 0 Å². The minimum atomic E-state index is -10.5. The van der Waals surface area contributed by atoms with E-state index in [2.05, 4.69) is 0 Å². The smallest absolute Gasteiger partial charge is 0.373 e. The largest absolute Gasteiger partial charge is 1.00 e. The Morgan fingerprint density at radius 1 is 0.750 bits per heavy atom. The van der Waals surface area contributed by atoms with Gasteiger partial charge in [-0.3, -0.25) is 4.91 Å². The van der Waals surface area contributed by atoms with Gasteiger partial charge in [0.1, 0.15) is 0 Å². The summed E-state index contributed by atoms with van der Waals surface area (Å²) in [6.45, 7) is 0. The van der Waals surface area contributed by atoms with Crippen molar-refractivity contribution in [3.8, 4) is 0 Å². The van der Waals surface area contributed by atoms with Gasteiger partial charge in [0.05, 0.1) is 0 Å². The molecule has 0 aromatic carbocycles. The van der Waals surface area contributed by atoms with Crippen LogP contribution in [-0.4, -0.2) is 0 Å². The SMILES string of the molecule is [F][Ni-3]([F])([F])([F])([F])[F].[K+].[K+].[N-]=[N+]=[N-]. The van der Waals surface area contributed by atoms with Crippen LogP contribution < -0.4 is 103 Å². The molecular formula is F6K2N3Ni-2. The third kappa shape index (κ3) is 244. The van der Waals surface area contributed by atoms with Crippen LogP contribution in [0.1, 0.15) is 0 Å². The second kappa shape index (κ2) is 6.28. The van der Waals surface area contributed by atoms with Crippen LogP contribution in [0.25, 0.3) is 16.0 Å². The minimum absolute atomic E-state index is 0. The van der Waals surface area contributed by atoms with Crippen LogP contribution in [0.4, 0.5) is 21.6 Å². The average Bonchev–Trinajstić information content (AvgIpc) is 1.20. The normalized spacial score (nSPS) is 14.2. The summed E-state index contributed by atoms with van der Waals surface area (Å²) in [5.74, 6) is 0. The van der Waals surface area contributed by atoms with E-state index in [4.69, 9.17) is 11.1 Å². The van der Waals surface area contributed by atoms with Crippen molar-refractivity contribution in [2.75, 3.05) is 0 Å². The summed E-state index contributed by atoms with van der Waals surface area (Å²) in [5, 5.41) is 0. The molecule has 0 atom stereocenters. The summed E-state index contributed by atoms with van der Waals surface area (Å²) in [6.07, 6.45) is 0. The number of nitrogens with zero attached hydrogens (tertiary/aromatic N) is 3. The maximum Gasteiger partial charge on any atom is 1.00 e. The molecular weight excluding hydrogens is 293 g/mol. The molecule has 0 rings (SSSR count). The Kier molecular flexibility index (Phi) is 12.6. The molecule has 0 aliphatic rings. The van der Waals surface area contributed by atoms with E-state index in [-0.39, 0.29) is 103 Å². The van der Waals surface area contributed by atoms with Crippen molar-refractivity contribution in [2.24, 2.45) is 0 Å². The molecule has 12 heavy (non-hydrogen) atoms. The fourth-order valence-electron chi connectivity index (χ4n) is 0. The molecule has 0 spiro atoms. The van der Waals surface area contributed by atoms with E-state index in [1.54, 1.807) is 0 Å². The van der Waals surface area contributed by atoms with Crippen molar-refractivity contribution in [1.82, 2.24) is 0 Å². The number of hydrogen-bond donors (Lipinski definition) is 0. The van der Waals surface area contributed by atoms with Crippen LogP contribution in [0.5, 0.6) is 0 Å². The number of hydrogen-bond acceptors (Lipinski definition) is 0. The van der Waals surface area contributed by atoms with Crippen LogP contribution in [0.15, 0.2) is 0 Å². The van der Waals surface area contributed by atoms with E-state index in [0.717, 1.165) is 0 Å². The first-order chi connectivity index (χ1) is 3.86. The number of halogens is 6. The van der Waals surface area contributed by atoms with Crippen molar-refractivity contribution < 1.29 is 137 Å². The van der Waals surface area contributed by atoms with E-state index in [9.17, 15) is 21.6 Å². The van der Waals surface area contributed by atoms with E-state index < -0.39 is 13.0 Å². The van der Waals surface area contributed by atoms with E-state index in [0.29, 0.717) is 0 Å². The predicted octanol–water partition coefficient (Wildman–Crippen LogP) is -2.61. The Hall–Kier alpha value is 2.66. The van der Waals surface area contributed by atoms with Crippen LogP contribution in [-0.2, 0) is 13.0 Å². The van der Waals surface area contributed by atoms with Gasteiger partial charge in [0, 0.05) is 0 Å². The van der Waals surface area contributed by atoms with Gasteiger partial charge in [-0.2, -0.15) is 0 Å². The van der Waals surface area contributed by atoms with Crippen molar-refractivity contribution in [2.45, 2.75) is 0 Å². The summed E-state index contributed by atoms with van der Waals surface area (Å²) in [6, 6.07) is 0. The Balaban J connectivity index is -0.0000000569. The summed E-state index contributed by atoms with van der Waals surface area (Å²) in [7, 11) is 0. The van der Waals surface area contributed by atoms with Crippen molar-refractivity contribution in [3.63, 3.8) is 0 Å². The first-order valence-corrected chi connectivity index (χ1v) is 3.36. The molecule has 3 nitrogen and oxygen atoms in total. The maximum atomic E-state index is 9.85. The molecule has 0 saturated heterocycles. The molecule has 0 fully saturated rings. The zero-order valence-corrected chi connectivity index (χ0v) is 13.2. The molecule has 0 bridgehead atoms. The Morgan fingerprint density at radius 2 is 0.750 bits per heavy atom. The zero-order chi connectivity index (χ0) is 9.12. The van der Waals surface area contributed by atoms with Crippen LogP contribution in [0, 0.1) is 0 Å². The van der Waals surface area contributed by atoms with Crippen molar-refractivity contribution in [3.05, 3.63) is 16.0 Å². The van der Waals surface area contributed by atoms with Gasteiger partial charge in [-0.05, 0) is 0 Å². The Bertz CT molecular complexity index is 137. The maximum absolute atomic E-state index is 10.5. The molecule has 0 unspecified atom stereocenters. The van der Waals surface area contributed by atoms with Gasteiger partial charge in [0.15, 0.2) is 0 Å². The molecule has 0 amide bonds. The molecule has 0 aromatic heterocycles. The summed E-state index contributed by atoms with van der Waals surface area (Å²) < 4.78 is 59.1. The topological polar surface area (TPSA) is 58.7 Å². The summed E-state index contributed by atoms with van der Waals surface area (Å²) in [4.78, 5) is 1.50. The van der Waals surface area contributed by atoms with Gasteiger partial charge in [0.25, 0.3) is 0 Å². The van der Waals surface area contributed by atoms with Gasteiger partial charge >= 0.3 is 137 Å². The van der Waals surface area contributed by atoms with Gasteiger partial charge in [-0.15, -0.1) is 0 Å². The second-order valence-corrected chi connectivity index (χ2v) is 2.88. The van der Waals surface area contributed by atoms with E-state index in [1.165, 1.54) is 4.91 Å². The fourth-order valence-corrected chi connectivity index (χ4v) is 0. The van der Waals surface area contributed by atoms with E-state index >= 15 is 0 Å². The third-order valence-corrected chi connectivity index (χ3v) is 0. The van der Waals surface area contributed by atoms with Crippen molar-refractivity contribution >= 4 is 0 Å². The Labute approximate surface area is 149 Å². The molecule has 0 radical (unpaired) electrons. The average molecular weight is 293 g/mol. The molecule has 0 aliphatic heterocycles. The number of rotatable bonds is 0. The first kappa shape index (κ1) is 24.1. The molecule has 0 saturated carbocycles. The standard InChI is InChI=1S/6FH.2K.N3.Ni/c;;;;;;;;1-3-2;/h6*1H;;;;/q;;;;;;2*+1;-1;+3/p-6. The summed E-state index contributed by atoms with van der Waals surface area (Å²) in [5.41, 5.74) is 13.5. The monoisotopic (exact) mass is 292 g/mol. The predicted molar refractivity (Wildman–Crippen MR) is 16.7 cm³/mol. The van der Waals surface area contributed by atoms with Gasteiger partial charge in [-0.25, -0.2) is 0 Å². The van der Waals surface area contributed by atoms with Crippen LogP contribution in [0.2, 0.25) is 0 Å². The molecule has 0 N–H and O–H groups in total. The van der Waals surface area contributed by atoms with Crippen LogP contribution in [0.3, 0.4) is 0 Å². The first-order valence-electron chi connectivity index (χ1n) is 1.12. The Morgan fingerprint density at radius 3 is 0.750 bits per heavy atom. The van der Waals surface area contributed by atoms with Crippen LogP contribution >= 0.6 is 0 Å². The molecule has 0 aliphatic carbocycles. The quantitative estimate of drug-likeness (QED) is 0.155. The summed E-state index contributed by atoms with van der Waals surface area (Å²) >= 11 is -10.5. The van der Waals surface area contributed by atoms with Gasteiger partial charge in [-0.1, -0.05) is 0 Å².